The molecule has 3 rings (SSSR count). The number of anilines is 2. The molecule has 0 aliphatic rings. The van der Waals surface area contributed by atoms with E-state index in [1.165, 1.54) is 6.07 Å². The van der Waals surface area contributed by atoms with Crippen LogP contribution in [0.5, 0.6) is 0 Å². The number of carbonyl (C=O) groups is 1. The number of nitrogens with two attached hydrogens (primary N) is 1. The Bertz CT molecular complexity index is 1610. The number of nitrogens with one attached hydrogen (secondary N) is 1. The molecule has 0 unspecified atom stereocenters. The van der Waals surface area contributed by atoms with Crippen molar-refractivity contribution in [1.29, 1.82) is 0 Å². The first-order valence-electron chi connectivity index (χ1n) is 8.28. The van der Waals surface area contributed by atoms with Crippen LogP contribution >= 0.6 is 0 Å². The molecular weight excluding hydrogens is 557 g/mol. The van der Waals surface area contributed by atoms with E-state index in [-0.39, 0.29) is 111 Å². The molecule has 0 aliphatic heterocycles. The number of amides is 1. The summed E-state index contributed by atoms with van der Waals surface area (Å²) in [6.45, 7) is 0. The molecule has 0 spiro atoms. The van der Waals surface area contributed by atoms with Gasteiger partial charge in [0.15, 0.2) is 0 Å². The van der Waals surface area contributed by atoms with Crippen LogP contribution in [0.25, 0.3) is 10.8 Å². The zero-order valence-corrected chi connectivity index (χ0v) is 27.1. The average molecular weight is 571 g/mol. The second-order valence-corrected chi connectivity index (χ2v) is 10.7. The minimum absolute atomic E-state index is 0. The van der Waals surface area contributed by atoms with Gasteiger partial charge in [0.05, 0.1) is 21.0 Å². The van der Waals surface area contributed by atoms with Gasteiger partial charge in [0, 0.05) is 99.7 Å². The fraction of sp³-hybridized carbons (Fsp3) is 0. The summed E-state index contributed by atoms with van der Waals surface area (Å²) in [5.74, 6) is -1.14. The molecule has 0 saturated heterocycles. The van der Waals surface area contributed by atoms with Crippen molar-refractivity contribution in [1.82, 2.24) is 0 Å². The Kier molecular flexibility index (Phi) is 12.6. The molecule has 12 nitrogen and oxygen atoms in total. The van der Waals surface area contributed by atoms with E-state index in [0.717, 1.165) is 42.5 Å². The minimum Gasteiger partial charge on any atom is -0.399 e. The first kappa shape index (κ1) is 34.9. The summed E-state index contributed by atoms with van der Waals surface area (Å²) in [7, 11) is -14.3. The summed E-state index contributed by atoms with van der Waals surface area (Å²) in [6.07, 6.45) is 0. The smallest absolute Gasteiger partial charge is 0.295 e. The largest absolute Gasteiger partial charge is 0.399 e. The monoisotopic (exact) mass is 571 g/mol. The number of fused-ring (bicyclic) bond motifs is 1. The maximum Gasteiger partial charge on any atom is 0.295 e. The van der Waals surface area contributed by atoms with Crippen LogP contribution < -0.4 is 11.1 Å². The molecule has 35 heavy (non-hydrogen) atoms. The van der Waals surface area contributed by atoms with Crippen molar-refractivity contribution >= 4 is 147 Å². The van der Waals surface area contributed by atoms with E-state index in [2.05, 4.69) is 5.32 Å². The van der Waals surface area contributed by atoms with Gasteiger partial charge in [-0.25, -0.2) is 0 Å². The van der Waals surface area contributed by atoms with Crippen LogP contribution in [0, 0.1) is 0 Å². The van der Waals surface area contributed by atoms with Crippen molar-refractivity contribution < 1.29 is 43.7 Å². The number of hydrogen-bond donors (Lipinski definition) is 5. The zero-order chi connectivity index (χ0) is 24.1. The molecule has 0 saturated carbocycles. The zero-order valence-electron chi connectivity index (χ0n) is 18.6. The average Bonchev–Trinajstić information content (AvgIpc) is 2.65. The van der Waals surface area contributed by atoms with Gasteiger partial charge in [0.25, 0.3) is 36.3 Å². The molecule has 0 aliphatic carbocycles. The van der Waals surface area contributed by atoms with E-state index in [1.54, 1.807) is 0 Å². The van der Waals surface area contributed by atoms with E-state index in [0.29, 0.717) is 0 Å². The topological polar surface area (TPSA) is 218 Å². The number of carbonyl (C=O) groups excluding carboxylic acids is 1. The third-order valence-electron chi connectivity index (χ3n) is 4.27. The van der Waals surface area contributed by atoms with Crippen molar-refractivity contribution in [3.63, 3.8) is 0 Å². The Morgan fingerprint density at radius 3 is 1.80 bits per heavy atom. The molecule has 6 N–H and O–H groups in total. The molecule has 0 atom stereocenters. The van der Waals surface area contributed by atoms with Crippen LogP contribution in [-0.4, -0.2) is 133 Å². The van der Waals surface area contributed by atoms with Crippen molar-refractivity contribution in [2.45, 2.75) is 14.7 Å². The van der Waals surface area contributed by atoms with Crippen LogP contribution in [0.15, 0.2) is 63.2 Å². The number of benzene rings is 3. The van der Waals surface area contributed by atoms with Gasteiger partial charge < -0.3 is 11.1 Å². The van der Waals surface area contributed by atoms with E-state index in [1.807, 2.05) is 0 Å². The fourth-order valence-electron chi connectivity index (χ4n) is 2.85. The third-order valence-corrected chi connectivity index (χ3v) is 6.85. The first-order chi connectivity index (χ1) is 14.6. The molecule has 3 aromatic rings. The first-order valence-corrected chi connectivity index (χ1v) is 12.6. The molecule has 18 heteroatoms. The third kappa shape index (κ3) is 8.46. The molecule has 3 radical (unpaired) electrons. The quantitative estimate of drug-likeness (QED) is 0.159. The number of hydrogen-bond acceptors (Lipinski definition) is 8. The van der Waals surface area contributed by atoms with Gasteiger partial charge in [-0.15, -0.1) is 0 Å². The Morgan fingerprint density at radius 2 is 1.29 bits per heavy atom. The molecule has 173 valence electrons. The Balaban J connectivity index is 0.00000385. The van der Waals surface area contributed by atoms with Crippen LogP contribution in [0.2, 0.25) is 0 Å². The van der Waals surface area contributed by atoms with E-state index < -0.39 is 56.5 Å². The molecular formula is C17H14N2Na3O10S3. The van der Waals surface area contributed by atoms with Gasteiger partial charge in [0.2, 0.25) is 0 Å². The Labute approximate surface area is 267 Å². The minimum atomic E-state index is -4.88. The SMILES string of the molecule is Nc1ccc(C(=O)Nc2cc(S(=O)(=O)O)cc3ccc(S(=O)(=O)O)cc23)c(S(=O)(=O)O)c1.[Na].[Na].[Na]. The van der Waals surface area contributed by atoms with E-state index in [9.17, 15) is 43.7 Å². The Hall–Kier alpha value is -0.0800. The number of nitrogen functional groups attached to an aromatic ring is 1. The van der Waals surface area contributed by atoms with Crippen molar-refractivity contribution in [2.24, 2.45) is 0 Å². The van der Waals surface area contributed by atoms with Gasteiger partial charge in [-0.3, -0.25) is 18.5 Å². The molecule has 0 aromatic heterocycles. The summed E-state index contributed by atoms with van der Waals surface area (Å²) in [4.78, 5) is 10.7. The summed E-state index contributed by atoms with van der Waals surface area (Å²) in [5, 5.41) is 2.20. The normalized spacial score (nSPS) is 11.5. The maximum absolute atomic E-state index is 12.8. The maximum atomic E-state index is 12.8. The van der Waals surface area contributed by atoms with Gasteiger partial charge in [-0.1, -0.05) is 6.07 Å². The van der Waals surface area contributed by atoms with Crippen LogP contribution in [-0.2, 0) is 30.4 Å². The Morgan fingerprint density at radius 1 is 0.714 bits per heavy atom. The van der Waals surface area contributed by atoms with E-state index in [4.69, 9.17) is 5.73 Å². The van der Waals surface area contributed by atoms with Gasteiger partial charge in [-0.2, -0.15) is 25.3 Å². The summed E-state index contributed by atoms with van der Waals surface area (Å²) in [5.41, 5.74) is 4.52. The van der Waals surface area contributed by atoms with Crippen LogP contribution in [0.4, 0.5) is 11.4 Å². The second kappa shape index (κ2) is 12.6. The van der Waals surface area contributed by atoms with Crippen molar-refractivity contribution in [3.05, 3.63) is 54.1 Å². The molecule has 0 heterocycles. The van der Waals surface area contributed by atoms with E-state index >= 15 is 0 Å². The summed E-state index contributed by atoms with van der Waals surface area (Å²) < 4.78 is 97.5. The van der Waals surface area contributed by atoms with Crippen LogP contribution in [0.3, 0.4) is 0 Å². The predicted octanol–water partition coefficient (Wildman–Crippen LogP) is 0.272. The van der Waals surface area contributed by atoms with Gasteiger partial charge in [-0.05, 0) is 47.9 Å². The second-order valence-electron chi connectivity index (χ2n) is 6.49. The fourth-order valence-corrected chi connectivity index (χ4v) is 4.62. The van der Waals surface area contributed by atoms with Crippen molar-refractivity contribution in [2.75, 3.05) is 11.1 Å². The number of rotatable bonds is 5. The summed E-state index contributed by atoms with van der Waals surface area (Å²) >= 11 is 0. The molecule has 0 fully saturated rings. The van der Waals surface area contributed by atoms with Crippen LogP contribution in [0.1, 0.15) is 10.4 Å². The molecule has 1 amide bonds. The molecule has 0 bridgehead atoms. The standard InChI is InChI=1S/C17H14N2O10S3.3Na/c18-10-2-4-13(16(6-10)32(27,28)29)17(20)19-15-8-12(31(24,25)26)5-9-1-3-11(7-14(9)15)30(21,22)23;;;/h1-8H,18H2,(H,19,20)(H,21,22,23)(H,24,25,26)(H,27,28,29);;;. The summed E-state index contributed by atoms with van der Waals surface area (Å²) in [6, 6.07) is 7.80. The predicted molar refractivity (Wildman–Crippen MR) is 129 cm³/mol. The van der Waals surface area contributed by atoms with Crippen molar-refractivity contribution in [3.8, 4) is 0 Å². The van der Waals surface area contributed by atoms with Gasteiger partial charge in [0.1, 0.15) is 4.90 Å². The molecule has 3 aromatic carbocycles. The van der Waals surface area contributed by atoms with Gasteiger partial charge >= 0.3 is 0 Å².